The molecule has 0 unspecified atom stereocenters. The van der Waals surface area contributed by atoms with Gasteiger partial charge in [-0.25, -0.2) is 9.97 Å². The van der Waals surface area contributed by atoms with Crippen molar-refractivity contribution in [2.45, 2.75) is 36.7 Å². The van der Waals surface area contributed by atoms with Gasteiger partial charge >= 0.3 is 0 Å². The van der Waals surface area contributed by atoms with Crippen LogP contribution < -0.4 is 16.0 Å². The number of amides is 1. The lowest BCUT2D eigenvalue weighted by atomic mass is 10.3. The number of benzene rings is 1. The second kappa shape index (κ2) is 8.52. The van der Waals surface area contributed by atoms with E-state index in [4.69, 9.17) is 0 Å². The smallest absolute Gasteiger partial charge is 0.227 e. The van der Waals surface area contributed by atoms with Gasteiger partial charge in [-0.05, 0) is 62.7 Å². The van der Waals surface area contributed by atoms with E-state index in [0.717, 1.165) is 41.4 Å². The molecule has 3 aromatic rings. The first kappa shape index (κ1) is 19.3. The fourth-order valence-corrected chi connectivity index (χ4v) is 3.51. The number of hydrogen-bond donors (Lipinski definition) is 4. The van der Waals surface area contributed by atoms with E-state index >= 15 is 0 Å². The molecule has 0 aliphatic heterocycles. The fourth-order valence-electron chi connectivity index (χ4n) is 2.76. The molecular formula is C20H23N7OS. The summed E-state index contributed by atoms with van der Waals surface area (Å²) in [6, 6.07) is 9.58. The molecule has 0 radical (unpaired) electrons. The van der Waals surface area contributed by atoms with Gasteiger partial charge in [-0.1, -0.05) is 0 Å². The van der Waals surface area contributed by atoms with Crippen LogP contribution in [0.15, 0.2) is 46.6 Å². The summed E-state index contributed by atoms with van der Waals surface area (Å²) < 4.78 is 0. The van der Waals surface area contributed by atoms with E-state index in [9.17, 15) is 4.79 Å². The van der Waals surface area contributed by atoms with E-state index in [1.807, 2.05) is 44.2 Å². The van der Waals surface area contributed by atoms with E-state index in [1.165, 1.54) is 11.8 Å². The third-order valence-electron chi connectivity index (χ3n) is 4.50. The monoisotopic (exact) mass is 409 g/mol. The third-order valence-corrected chi connectivity index (χ3v) is 5.37. The number of carbonyl (C=O) groups excluding carboxylic acids is 1. The summed E-state index contributed by atoms with van der Waals surface area (Å²) >= 11 is 1.47. The van der Waals surface area contributed by atoms with Crippen LogP contribution in [0.5, 0.6) is 0 Å². The fraction of sp³-hybridized carbons (Fsp3) is 0.300. The topological polar surface area (TPSA) is 108 Å². The van der Waals surface area contributed by atoms with Crippen molar-refractivity contribution in [3.8, 4) is 0 Å². The molecule has 1 saturated carbocycles. The van der Waals surface area contributed by atoms with E-state index in [-0.39, 0.29) is 11.8 Å². The highest BCUT2D eigenvalue weighted by Crippen LogP contribution is 2.32. The zero-order valence-electron chi connectivity index (χ0n) is 16.3. The molecule has 1 aliphatic carbocycles. The molecule has 1 fully saturated rings. The SMILES string of the molecule is CCNc1nc(Sc2ccc(NC(=O)C3CC3)cc2)nc(Nc2cc[nH]n2)c1C. The summed E-state index contributed by atoms with van der Waals surface area (Å²) in [5.41, 5.74) is 1.74. The van der Waals surface area contributed by atoms with Crippen molar-refractivity contribution in [1.29, 1.82) is 0 Å². The summed E-state index contributed by atoms with van der Waals surface area (Å²) in [7, 11) is 0. The first-order chi connectivity index (χ1) is 14.1. The summed E-state index contributed by atoms with van der Waals surface area (Å²) in [5, 5.41) is 17.0. The van der Waals surface area contributed by atoms with Crippen LogP contribution in [0.3, 0.4) is 0 Å². The molecule has 1 amide bonds. The molecule has 0 spiro atoms. The van der Waals surface area contributed by atoms with Crippen molar-refractivity contribution in [2.75, 3.05) is 22.5 Å². The number of nitrogens with one attached hydrogen (secondary N) is 4. The first-order valence-corrected chi connectivity index (χ1v) is 10.4. The summed E-state index contributed by atoms with van der Waals surface area (Å²) in [6.07, 6.45) is 3.74. The maximum atomic E-state index is 11.9. The maximum Gasteiger partial charge on any atom is 0.227 e. The number of carbonyl (C=O) groups is 1. The van der Waals surface area contributed by atoms with Crippen LogP contribution >= 0.6 is 11.8 Å². The Morgan fingerprint density at radius 1 is 1.17 bits per heavy atom. The van der Waals surface area contributed by atoms with Crippen LogP contribution in [-0.2, 0) is 4.79 Å². The van der Waals surface area contributed by atoms with E-state index < -0.39 is 0 Å². The predicted molar refractivity (Wildman–Crippen MR) is 115 cm³/mol. The minimum absolute atomic E-state index is 0.108. The van der Waals surface area contributed by atoms with Gasteiger partial charge in [-0.2, -0.15) is 5.10 Å². The molecule has 4 N–H and O–H groups in total. The minimum atomic E-state index is 0.108. The van der Waals surface area contributed by atoms with Crippen molar-refractivity contribution in [1.82, 2.24) is 20.2 Å². The van der Waals surface area contributed by atoms with Crippen molar-refractivity contribution in [3.63, 3.8) is 0 Å². The van der Waals surface area contributed by atoms with Crippen molar-refractivity contribution in [2.24, 2.45) is 5.92 Å². The number of H-pyrrole nitrogens is 1. The molecule has 2 aromatic heterocycles. The lowest BCUT2D eigenvalue weighted by molar-refractivity contribution is -0.117. The van der Waals surface area contributed by atoms with Crippen molar-refractivity contribution < 1.29 is 4.79 Å². The average Bonchev–Trinajstić information content (AvgIpc) is 3.45. The Morgan fingerprint density at radius 3 is 2.59 bits per heavy atom. The minimum Gasteiger partial charge on any atom is -0.370 e. The molecule has 8 nitrogen and oxygen atoms in total. The lowest BCUT2D eigenvalue weighted by Crippen LogP contribution is -2.12. The van der Waals surface area contributed by atoms with E-state index in [0.29, 0.717) is 16.8 Å². The van der Waals surface area contributed by atoms with E-state index in [2.05, 4.69) is 36.1 Å². The second-order valence-corrected chi connectivity index (χ2v) is 7.87. The number of rotatable bonds is 8. The summed E-state index contributed by atoms with van der Waals surface area (Å²) in [4.78, 5) is 22.2. The Bertz CT molecular complexity index is 985. The maximum absolute atomic E-state index is 11.9. The molecular weight excluding hydrogens is 386 g/mol. The van der Waals surface area contributed by atoms with Gasteiger partial charge in [0.15, 0.2) is 11.0 Å². The lowest BCUT2D eigenvalue weighted by Gasteiger charge is -2.13. The van der Waals surface area contributed by atoms with Gasteiger partial charge in [0.2, 0.25) is 5.91 Å². The molecule has 150 valence electrons. The highest BCUT2D eigenvalue weighted by molar-refractivity contribution is 7.99. The molecule has 4 rings (SSSR count). The van der Waals surface area contributed by atoms with Crippen LogP contribution in [0.1, 0.15) is 25.3 Å². The average molecular weight is 410 g/mol. The van der Waals surface area contributed by atoms with Crippen molar-refractivity contribution in [3.05, 3.63) is 42.1 Å². The quantitative estimate of drug-likeness (QED) is 0.413. The van der Waals surface area contributed by atoms with Gasteiger partial charge in [0, 0.05) is 40.9 Å². The Labute approximate surface area is 173 Å². The number of hydrogen-bond acceptors (Lipinski definition) is 7. The van der Waals surface area contributed by atoms with Gasteiger partial charge in [-0.15, -0.1) is 0 Å². The van der Waals surface area contributed by atoms with Crippen LogP contribution in [0.4, 0.5) is 23.1 Å². The zero-order valence-corrected chi connectivity index (χ0v) is 17.1. The molecule has 0 atom stereocenters. The van der Waals surface area contributed by atoms with Gasteiger partial charge in [0.1, 0.15) is 11.6 Å². The molecule has 29 heavy (non-hydrogen) atoms. The van der Waals surface area contributed by atoms with Crippen LogP contribution in [0.2, 0.25) is 0 Å². The molecule has 2 heterocycles. The number of aromatic nitrogens is 4. The van der Waals surface area contributed by atoms with Crippen LogP contribution in [-0.4, -0.2) is 32.6 Å². The van der Waals surface area contributed by atoms with Gasteiger partial charge < -0.3 is 16.0 Å². The van der Waals surface area contributed by atoms with Crippen LogP contribution in [0, 0.1) is 12.8 Å². The van der Waals surface area contributed by atoms with Gasteiger partial charge in [0.25, 0.3) is 0 Å². The number of aromatic amines is 1. The molecule has 1 aliphatic rings. The number of anilines is 4. The normalized spacial score (nSPS) is 13.2. The van der Waals surface area contributed by atoms with Gasteiger partial charge in [-0.3, -0.25) is 9.89 Å². The predicted octanol–water partition coefficient (Wildman–Crippen LogP) is 4.18. The highest BCUT2D eigenvalue weighted by Gasteiger charge is 2.29. The standard InChI is InChI=1S/C20H23N7OS/c1-3-21-17-12(2)18(24-16-10-11-22-27-16)26-20(25-17)29-15-8-6-14(7-9-15)23-19(28)13-4-5-13/h6-11,13H,3-5H2,1-2H3,(H,23,28)(H3,21,22,24,25,26,27). The molecule has 9 heteroatoms. The van der Waals surface area contributed by atoms with Crippen LogP contribution in [0.25, 0.3) is 0 Å². The van der Waals surface area contributed by atoms with E-state index in [1.54, 1.807) is 6.20 Å². The highest BCUT2D eigenvalue weighted by atomic mass is 32.2. The Kier molecular flexibility index (Phi) is 5.66. The largest absolute Gasteiger partial charge is 0.370 e. The number of nitrogens with zero attached hydrogens (tertiary/aromatic N) is 3. The Hall–Kier alpha value is -3.07. The van der Waals surface area contributed by atoms with Crippen molar-refractivity contribution >= 4 is 40.8 Å². The Balaban J connectivity index is 1.52. The summed E-state index contributed by atoms with van der Waals surface area (Å²) in [5.74, 6) is 2.49. The Morgan fingerprint density at radius 2 is 1.93 bits per heavy atom. The second-order valence-electron chi connectivity index (χ2n) is 6.83. The summed E-state index contributed by atoms with van der Waals surface area (Å²) in [6.45, 7) is 4.77. The zero-order chi connectivity index (χ0) is 20.2. The first-order valence-electron chi connectivity index (χ1n) is 9.60. The third kappa shape index (κ3) is 4.86. The molecule has 1 aromatic carbocycles. The van der Waals surface area contributed by atoms with Gasteiger partial charge in [0.05, 0.1) is 0 Å². The molecule has 0 bridgehead atoms. The molecule has 0 saturated heterocycles.